The van der Waals surface area contributed by atoms with E-state index in [9.17, 15) is 0 Å². The van der Waals surface area contributed by atoms with Crippen molar-refractivity contribution >= 4 is 0 Å². The first-order chi connectivity index (χ1) is 8.36. The minimum Gasteiger partial charge on any atom is -0.311 e. The van der Waals surface area contributed by atoms with E-state index in [2.05, 4.69) is 28.2 Å². The SMILES string of the molecule is Cc1cccnc1CNCCCN1CCCC1. The molecule has 0 aromatic carbocycles. The van der Waals surface area contributed by atoms with Gasteiger partial charge in [-0.3, -0.25) is 4.98 Å². The van der Waals surface area contributed by atoms with E-state index in [0.717, 1.165) is 13.1 Å². The summed E-state index contributed by atoms with van der Waals surface area (Å²) in [5.41, 5.74) is 2.45. The average molecular weight is 233 g/mol. The van der Waals surface area contributed by atoms with Crippen molar-refractivity contribution in [1.82, 2.24) is 15.2 Å². The molecule has 1 aliphatic rings. The topological polar surface area (TPSA) is 28.2 Å². The van der Waals surface area contributed by atoms with Crippen LogP contribution in [0.4, 0.5) is 0 Å². The highest BCUT2D eigenvalue weighted by molar-refractivity contribution is 5.17. The lowest BCUT2D eigenvalue weighted by Crippen LogP contribution is -2.25. The molecule has 1 saturated heterocycles. The fraction of sp³-hybridized carbons (Fsp3) is 0.643. The highest BCUT2D eigenvalue weighted by Crippen LogP contribution is 2.07. The minimum absolute atomic E-state index is 0.896. The van der Waals surface area contributed by atoms with Gasteiger partial charge in [0.25, 0.3) is 0 Å². The quantitative estimate of drug-likeness (QED) is 0.761. The number of rotatable bonds is 6. The van der Waals surface area contributed by atoms with Crippen LogP contribution in [0.3, 0.4) is 0 Å². The molecule has 3 nitrogen and oxygen atoms in total. The van der Waals surface area contributed by atoms with Gasteiger partial charge in [-0.15, -0.1) is 0 Å². The molecule has 17 heavy (non-hydrogen) atoms. The first kappa shape index (κ1) is 12.5. The molecule has 0 aliphatic carbocycles. The van der Waals surface area contributed by atoms with E-state index in [0.29, 0.717) is 0 Å². The van der Waals surface area contributed by atoms with E-state index >= 15 is 0 Å². The highest BCUT2D eigenvalue weighted by atomic mass is 15.1. The molecule has 2 heterocycles. The molecule has 1 aromatic rings. The van der Waals surface area contributed by atoms with Gasteiger partial charge in [-0.2, -0.15) is 0 Å². The average Bonchev–Trinajstić information content (AvgIpc) is 2.84. The van der Waals surface area contributed by atoms with Crippen LogP contribution in [0.15, 0.2) is 18.3 Å². The first-order valence-corrected chi connectivity index (χ1v) is 6.70. The maximum Gasteiger partial charge on any atom is 0.0570 e. The number of pyridine rings is 1. The summed E-state index contributed by atoms with van der Waals surface area (Å²) in [5, 5.41) is 3.48. The van der Waals surface area contributed by atoms with Gasteiger partial charge in [0.2, 0.25) is 0 Å². The minimum atomic E-state index is 0.896. The molecule has 0 unspecified atom stereocenters. The molecule has 3 heteroatoms. The van der Waals surface area contributed by atoms with Crippen molar-refractivity contribution in [3.8, 4) is 0 Å². The Morgan fingerprint density at radius 3 is 2.94 bits per heavy atom. The van der Waals surface area contributed by atoms with E-state index < -0.39 is 0 Å². The van der Waals surface area contributed by atoms with E-state index in [1.165, 1.54) is 50.2 Å². The van der Waals surface area contributed by atoms with Gasteiger partial charge in [0.1, 0.15) is 0 Å². The van der Waals surface area contributed by atoms with Crippen molar-refractivity contribution in [3.05, 3.63) is 29.6 Å². The standard InChI is InChI=1S/C14H23N3/c1-13-6-4-8-16-14(13)12-15-7-5-11-17-9-2-3-10-17/h4,6,8,15H,2-3,5,7,9-12H2,1H3. The Balaban J connectivity index is 1.58. The highest BCUT2D eigenvalue weighted by Gasteiger charge is 2.09. The van der Waals surface area contributed by atoms with Gasteiger partial charge in [-0.05, 0) is 64.0 Å². The van der Waals surface area contributed by atoms with Crippen LogP contribution in [-0.4, -0.2) is 36.1 Å². The van der Waals surface area contributed by atoms with Gasteiger partial charge in [0.05, 0.1) is 5.69 Å². The predicted molar refractivity (Wildman–Crippen MR) is 71.0 cm³/mol. The van der Waals surface area contributed by atoms with Crippen LogP contribution in [0.2, 0.25) is 0 Å². The van der Waals surface area contributed by atoms with Crippen LogP contribution in [0.25, 0.3) is 0 Å². The van der Waals surface area contributed by atoms with Crippen molar-refractivity contribution in [2.24, 2.45) is 0 Å². The van der Waals surface area contributed by atoms with Crippen molar-refractivity contribution in [3.63, 3.8) is 0 Å². The molecule has 0 radical (unpaired) electrons. The molecule has 0 spiro atoms. The summed E-state index contributed by atoms with van der Waals surface area (Å²) in [6.45, 7) is 7.96. The van der Waals surface area contributed by atoms with E-state index in [1.807, 2.05) is 12.3 Å². The van der Waals surface area contributed by atoms with E-state index in [-0.39, 0.29) is 0 Å². The van der Waals surface area contributed by atoms with Crippen LogP contribution < -0.4 is 5.32 Å². The molecular weight excluding hydrogens is 210 g/mol. The van der Waals surface area contributed by atoms with Gasteiger partial charge < -0.3 is 10.2 Å². The Morgan fingerprint density at radius 1 is 1.35 bits per heavy atom. The van der Waals surface area contributed by atoms with Crippen LogP contribution in [0, 0.1) is 6.92 Å². The largest absolute Gasteiger partial charge is 0.311 e. The second-order valence-electron chi connectivity index (χ2n) is 4.85. The summed E-state index contributed by atoms with van der Waals surface area (Å²) < 4.78 is 0. The van der Waals surface area contributed by atoms with Gasteiger partial charge in [-0.1, -0.05) is 6.07 Å². The summed E-state index contributed by atoms with van der Waals surface area (Å²) >= 11 is 0. The number of aryl methyl sites for hydroxylation is 1. The molecule has 0 amide bonds. The normalized spacial score (nSPS) is 16.5. The Kier molecular flexibility index (Phi) is 4.95. The molecule has 1 aromatic heterocycles. The van der Waals surface area contributed by atoms with Crippen LogP contribution in [-0.2, 0) is 6.54 Å². The predicted octanol–water partition coefficient (Wildman–Crippen LogP) is 1.97. The molecule has 0 atom stereocenters. The number of nitrogens with zero attached hydrogens (tertiary/aromatic N) is 2. The second-order valence-corrected chi connectivity index (χ2v) is 4.85. The zero-order valence-electron chi connectivity index (χ0n) is 10.8. The lowest BCUT2D eigenvalue weighted by molar-refractivity contribution is 0.331. The fourth-order valence-electron chi connectivity index (χ4n) is 2.34. The van der Waals surface area contributed by atoms with Crippen molar-refractivity contribution in [2.45, 2.75) is 32.7 Å². The number of likely N-dealkylation sites (tertiary alicyclic amines) is 1. The maximum absolute atomic E-state index is 4.38. The Morgan fingerprint density at radius 2 is 2.18 bits per heavy atom. The molecule has 1 fully saturated rings. The van der Waals surface area contributed by atoms with Crippen LogP contribution in [0.5, 0.6) is 0 Å². The molecule has 1 N–H and O–H groups in total. The number of hydrogen-bond acceptors (Lipinski definition) is 3. The van der Waals surface area contributed by atoms with Gasteiger partial charge >= 0.3 is 0 Å². The summed E-state index contributed by atoms with van der Waals surface area (Å²) in [4.78, 5) is 6.94. The Bertz CT molecular complexity index is 332. The lowest BCUT2D eigenvalue weighted by Gasteiger charge is -2.14. The Labute approximate surface area is 104 Å². The first-order valence-electron chi connectivity index (χ1n) is 6.70. The monoisotopic (exact) mass is 233 g/mol. The van der Waals surface area contributed by atoms with E-state index in [1.54, 1.807) is 0 Å². The van der Waals surface area contributed by atoms with Crippen LogP contribution in [0.1, 0.15) is 30.5 Å². The lowest BCUT2D eigenvalue weighted by atomic mass is 10.2. The maximum atomic E-state index is 4.38. The Hall–Kier alpha value is -0.930. The summed E-state index contributed by atoms with van der Waals surface area (Å²) in [6.07, 6.45) is 5.89. The van der Waals surface area contributed by atoms with Crippen molar-refractivity contribution < 1.29 is 0 Å². The molecule has 0 bridgehead atoms. The fourth-order valence-corrected chi connectivity index (χ4v) is 2.34. The molecule has 0 saturated carbocycles. The van der Waals surface area contributed by atoms with Crippen LogP contribution >= 0.6 is 0 Å². The zero-order valence-corrected chi connectivity index (χ0v) is 10.8. The zero-order chi connectivity index (χ0) is 11.9. The third-order valence-corrected chi connectivity index (χ3v) is 3.44. The van der Waals surface area contributed by atoms with E-state index in [4.69, 9.17) is 0 Å². The second kappa shape index (κ2) is 6.72. The number of hydrogen-bond donors (Lipinski definition) is 1. The molecule has 1 aliphatic heterocycles. The third kappa shape index (κ3) is 4.10. The number of aromatic nitrogens is 1. The van der Waals surface area contributed by atoms with Crippen molar-refractivity contribution in [1.29, 1.82) is 0 Å². The van der Waals surface area contributed by atoms with Gasteiger partial charge in [0.15, 0.2) is 0 Å². The smallest absolute Gasteiger partial charge is 0.0570 e. The van der Waals surface area contributed by atoms with Gasteiger partial charge in [0, 0.05) is 12.7 Å². The summed E-state index contributed by atoms with van der Waals surface area (Å²) in [5.74, 6) is 0. The summed E-state index contributed by atoms with van der Waals surface area (Å²) in [7, 11) is 0. The number of nitrogens with one attached hydrogen (secondary N) is 1. The summed E-state index contributed by atoms with van der Waals surface area (Å²) in [6, 6.07) is 4.11. The van der Waals surface area contributed by atoms with Crippen molar-refractivity contribution in [2.75, 3.05) is 26.2 Å². The third-order valence-electron chi connectivity index (χ3n) is 3.44. The van der Waals surface area contributed by atoms with Gasteiger partial charge in [-0.25, -0.2) is 0 Å². The molecule has 94 valence electrons. The molecule has 2 rings (SSSR count). The molecular formula is C14H23N3.